The summed E-state index contributed by atoms with van der Waals surface area (Å²) in [5, 5.41) is 10.7. The number of ether oxygens (including phenoxy) is 4. The van der Waals surface area contributed by atoms with E-state index in [1.165, 1.54) is 0 Å². The molecular formula is C34H40O12P2. The van der Waals surface area contributed by atoms with Gasteiger partial charge in [-0.3, -0.25) is 4.52 Å². The third kappa shape index (κ3) is 13.4. The van der Waals surface area contributed by atoms with Gasteiger partial charge in [0.15, 0.2) is 0 Å². The fraction of sp³-hybridized carbons (Fsp3) is 0.294. The van der Waals surface area contributed by atoms with Crippen molar-refractivity contribution in [2.75, 3.05) is 13.2 Å². The standard InChI is InChI=1S/C34H40O12P2/c35-21-31(41-22-27-13-5-1-6-14-27)33(43-24-29-17-9-3-10-18-29)34(44-25-30-19-11-4-12-20-30)32(42-23-28-15-7-2-8-16-28)26-45-48(39,40)46-47(36,37)38/h1-20,31-35H,21-26H2,(H,39,40)(H2,36,37,38). The summed E-state index contributed by atoms with van der Waals surface area (Å²) in [5.74, 6) is 0. The van der Waals surface area contributed by atoms with Crippen molar-refractivity contribution in [3.8, 4) is 0 Å². The molecule has 4 rings (SSSR count). The van der Waals surface area contributed by atoms with Crippen molar-refractivity contribution in [3.63, 3.8) is 0 Å². The molecule has 5 atom stereocenters. The lowest BCUT2D eigenvalue weighted by Crippen LogP contribution is -2.52. The molecule has 0 saturated carbocycles. The number of phosphoric ester groups is 1. The molecule has 0 spiro atoms. The molecule has 0 aliphatic heterocycles. The Morgan fingerprint density at radius 1 is 0.500 bits per heavy atom. The molecule has 4 aromatic carbocycles. The third-order valence-electron chi connectivity index (χ3n) is 7.03. The first-order valence-corrected chi connectivity index (χ1v) is 18.1. The summed E-state index contributed by atoms with van der Waals surface area (Å²) in [6.07, 6.45) is -4.41. The van der Waals surface area contributed by atoms with Gasteiger partial charge < -0.3 is 38.7 Å². The van der Waals surface area contributed by atoms with E-state index in [0.29, 0.717) is 0 Å². The SMILES string of the molecule is O=P(O)(O)OP(=O)(O)OCC(OCc1ccccc1)C(OCc1ccccc1)C(OCc1ccccc1)C(CO)OCc1ccccc1. The Bertz CT molecular complexity index is 1560. The molecule has 4 aromatic rings. The van der Waals surface area contributed by atoms with E-state index in [9.17, 15) is 28.9 Å². The molecule has 0 fully saturated rings. The van der Waals surface area contributed by atoms with Crippen molar-refractivity contribution in [1.29, 1.82) is 0 Å². The average Bonchev–Trinajstić information content (AvgIpc) is 3.08. The molecule has 12 nitrogen and oxygen atoms in total. The Morgan fingerprint density at radius 2 is 0.833 bits per heavy atom. The van der Waals surface area contributed by atoms with Gasteiger partial charge in [0.05, 0.1) is 39.6 Å². The molecule has 14 heteroatoms. The second-order valence-electron chi connectivity index (χ2n) is 10.7. The molecule has 0 amide bonds. The molecule has 48 heavy (non-hydrogen) atoms. The molecule has 0 aromatic heterocycles. The Hall–Kier alpha value is -3.06. The van der Waals surface area contributed by atoms with E-state index < -0.39 is 53.3 Å². The van der Waals surface area contributed by atoms with Gasteiger partial charge in [-0.2, -0.15) is 4.31 Å². The zero-order chi connectivity index (χ0) is 34.2. The number of benzene rings is 4. The quantitative estimate of drug-likeness (QED) is 0.0801. The van der Waals surface area contributed by atoms with Crippen LogP contribution in [0.25, 0.3) is 0 Å². The number of phosphoric acid groups is 2. The van der Waals surface area contributed by atoms with Crippen molar-refractivity contribution in [2.45, 2.75) is 50.8 Å². The Kier molecular flexibility index (Phi) is 15.1. The summed E-state index contributed by atoms with van der Waals surface area (Å²) < 4.78 is 58.4. The summed E-state index contributed by atoms with van der Waals surface area (Å²) in [6.45, 7) is -0.986. The molecule has 0 heterocycles. The van der Waals surface area contributed by atoms with E-state index in [0.717, 1.165) is 22.3 Å². The Labute approximate surface area is 279 Å². The summed E-state index contributed by atoms with van der Waals surface area (Å²) in [6, 6.07) is 36.9. The van der Waals surface area contributed by atoms with Crippen LogP contribution >= 0.6 is 15.6 Å². The minimum Gasteiger partial charge on any atom is -0.394 e. The smallest absolute Gasteiger partial charge is 0.394 e. The van der Waals surface area contributed by atoms with Gasteiger partial charge in [-0.1, -0.05) is 121 Å². The summed E-state index contributed by atoms with van der Waals surface area (Å²) in [7, 11) is -10.7. The number of rotatable bonds is 21. The molecular weight excluding hydrogens is 662 g/mol. The van der Waals surface area contributed by atoms with Crippen LogP contribution in [0.3, 0.4) is 0 Å². The predicted octanol–water partition coefficient (Wildman–Crippen LogP) is 5.55. The second-order valence-corrected chi connectivity index (χ2v) is 13.5. The van der Waals surface area contributed by atoms with Crippen LogP contribution < -0.4 is 0 Å². The van der Waals surface area contributed by atoms with Crippen LogP contribution in [0.1, 0.15) is 22.3 Å². The maximum absolute atomic E-state index is 12.6. The largest absolute Gasteiger partial charge is 0.481 e. The first kappa shape index (κ1) is 37.8. The number of hydrogen-bond acceptors (Lipinski definition) is 9. The van der Waals surface area contributed by atoms with Gasteiger partial charge in [-0.15, -0.1) is 0 Å². The molecule has 0 aliphatic rings. The lowest BCUT2D eigenvalue weighted by molar-refractivity contribution is -0.201. The van der Waals surface area contributed by atoms with Crippen molar-refractivity contribution in [2.24, 2.45) is 0 Å². The van der Waals surface area contributed by atoms with Gasteiger partial charge in [-0.25, -0.2) is 9.13 Å². The number of hydrogen-bond donors (Lipinski definition) is 4. The van der Waals surface area contributed by atoms with E-state index >= 15 is 0 Å². The van der Waals surface area contributed by atoms with Crippen LogP contribution in [0, 0.1) is 0 Å². The summed E-state index contributed by atoms with van der Waals surface area (Å²) in [4.78, 5) is 28.5. The monoisotopic (exact) mass is 702 g/mol. The van der Waals surface area contributed by atoms with Crippen LogP contribution in [0.15, 0.2) is 121 Å². The molecule has 4 N–H and O–H groups in total. The minimum atomic E-state index is -5.40. The first-order valence-electron chi connectivity index (χ1n) is 15.1. The van der Waals surface area contributed by atoms with Crippen LogP contribution in [-0.2, 0) is 63.3 Å². The summed E-state index contributed by atoms with van der Waals surface area (Å²) in [5.41, 5.74) is 3.20. The third-order valence-corrected chi connectivity index (χ3v) is 9.18. The number of aliphatic hydroxyl groups is 1. The highest BCUT2D eigenvalue weighted by atomic mass is 31.3. The van der Waals surface area contributed by atoms with E-state index in [-0.39, 0.29) is 26.4 Å². The second kappa shape index (κ2) is 19.2. The number of aliphatic hydroxyl groups excluding tert-OH is 1. The van der Waals surface area contributed by atoms with E-state index in [2.05, 4.69) is 4.31 Å². The first-order chi connectivity index (χ1) is 23.1. The van der Waals surface area contributed by atoms with Gasteiger partial charge in [0.2, 0.25) is 0 Å². The normalized spacial score (nSPS) is 15.7. The molecule has 0 radical (unpaired) electrons. The maximum atomic E-state index is 12.6. The average molecular weight is 703 g/mol. The predicted molar refractivity (Wildman–Crippen MR) is 176 cm³/mol. The Balaban J connectivity index is 1.70. The van der Waals surface area contributed by atoms with Crippen LogP contribution in [-0.4, -0.2) is 57.4 Å². The topological polar surface area (TPSA) is 170 Å². The highest BCUT2D eigenvalue weighted by Gasteiger charge is 2.41. The van der Waals surface area contributed by atoms with Crippen molar-refractivity contribution in [1.82, 2.24) is 0 Å². The zero-order valence-corrected chi connectivity index (χ0v) is 27.8. The summed E-state index contributed by atoms with van der Waals surface area (Å²) >= 11 is 0. The van der Waals surface area contributed by atoms with Crippen molar-refractivity contribution >= 4 is 15.6 Å². The van der Waals surface area contributed by atoms with Crippen molar-refractivity contribution < 1.29 is 56.7 Å². The van der Waals surface area contributed by atoms with Gasteiger partial charge in [-0.05, 0) is 22.3 Å². The fourth-order valence-corrected chi connectivity index (χ4v) is 6.33. The highest BCUT2D eigenvalue weighted by Crippen LogP contribution is 2.57. The Morgan fingerprint density at radius 3 is 1.19 bits per heavy atom. The highest BCUT2D eigenvalue weighted by molar-refractivity contribution is 7.60. The molecule has 258 valence electrons. The van der Waals surface area contributed by atoms with Crippen LogP contribution in [0.4, 0.5) is 0 Å². The van der Waals surface area contributed by atoms with Crippen LogP contribution in [0.5, 0.6) is 0 Å². The minimum absolute atomic E-state index is 0.00475. The lowest BCUT2D eigenvalue weighted by atomic mass is 10.0. The molecule has 0 saturated heterocycles. The molecule has 0 aliphatic carbocycles. The van der Waals surface area contributed by atoms with E-state index in [4.69, 9.17) is 23.5 Å². The maximum Gasteiger partial charge on any atom is 0.481 e. The molecule has 5 unspecified atom stereocenters. The van der Waals surface area contributed by atoms with Crippen molar-refractivity contribution in [3.05, 3.63) is 144 Å². The lowest BCUT2D eigenvalue weighted by Gasteiger charge is -2.37. The fourth-order valence-electron chi connectivity index (χ4n) is 4.73. The van der Waals surface area contributed by atoms with Crippen LogP contribution in [0.2, 0.25) is 0 Å². The van der Waals surface area contributed by atoms with Gasteiger partial charge in [0, 0.05) is 0 Å². The van der Waals surface area contributed by atoms with Gasteiger partial charge in [0.1, 0.15) is 24.4 Å². The van der Waals surface area contributed by atoms with Gasteiger partial charge in [0.25, 0.3) is 0 Å². The zero-order valence-electron chi connectivity index (χ0n) is 26.0. The van der Waals surface area contributed by atoms with E-state index in [1.54, 1.807) is 0 Å². The van der Waals surface area contributed by atoms with Gasteiger partial charge >= 0.3 is 15.6 Å². The van der Waals surface area contributed by atoms with E-state index in [1.807, 2.05) is 121 Å². The molecule has 0 bridgehead atoms.